The van der Waals surface area contributed by atoms with E-state index in [2.05, 4.69) is 139 Å². The van der Waals surface area contributed by atoms with Gasteiger partial charge in [-0.05, 0) is 137 Å². The van der Waals surface area contributed by atoms with Gasteiger partial charge in [0.25, 0.3) is 0 Å². The van der Waals surface area contributed by atoms with Crippen LogP contribution in [0.15, 0.2) is 24.3 Å². The summed E-state index contributed by atoms with van der Waals surface area (Å²) in [6, 6.07) is 9.73. The van der Waals surface area contributed by atoms with Gasteiger partial charge in [0, 0.05) is 24.0 Å². The van der Waals surface area contributed by atoms with Crippen LogP contribution in [-0.2, 0) is 10.8 Å². The zero-order valence-corrected chi connectivity index (χ0v) is 40.0. The zero-order chi connectivity index (χ0) is 42.5. The normalized spacial score (nSPS) is 21.2. The fourth-order valence-electron chi connectivity index (χ4n) is 10.9. The van der Waals surface area contributed by atoms with Gasteiger partial charge in [-0.15, -0.1) is 0 Å². The van der Waals surface area contributed by atoms with E-state index in [0.29, 0.717) is 23.9 Å². The van der Waals surface area contributed by atoms with Crippen LogP contribution in [0.5, 0.6) is 11.5 Å². The lowest BCUT2D eigenvalue weighted by Crippen LogP contribution is -2.60. The van der Waals surface area contributed by atoms with Crippen molar-refractivity contribution in [1.29, 1.82) is 0 Å². The lowest BCUT2D eigenvalue weighted by Gasteiger charge is -2.34. The second kappa shape index (κ2) is 19.6. The predicted octanol–water partition coefficient (Wildman–Crippen LogP) is 12.4. The number of nitrogens with zero attached hydrogens (tertiary/aromatic N) is 4. The van der Waals surface area contributed by atoms with Crippen LogP contribution >= 0.6 is 0 Å². The molecule has 59 heavy (non-hydrogen) atoms. The number of hydrogen-bond donors (Lipinski definition) is 0. The molecule has 3 atom stereocenters. The SMILES string of the molecule is CCCCC(CCCC)c1cc2c(c(C(C)(C)C)c1)OC13Oc4c(cc(C(CCCN(CC)CC)CCCN(CC)CC)cc4C(C)(C)C)C=[N+]1C1CCCCC1[N+]3=C2. The Morgan fingerprint density at radius 2 is 0.949 bits per heavy atom. The number of hydrogen-bond acceptors (Lipinski definition) is 4. The van der Waals surface area contributed by atoms with E-state index >= 15 is 0 Å². The van der Waals surface area contributed by atoms with Crippen molar-refractivity contribution < 1.29 is 18.6 Å². The summed E-state index contributed by atoms with van der Waals surface area (Å²) in [5.41, 5.74) is 7.87. The lowest BCUT2D eigenvalue weighted by atomic mass is 9.80. The van der Waals surface area contributed by atoms with Crippen molar-refractivity contribution in [3.8, 4) is 11.5 Å². The predicted molar refractivity (Wildman–Crippen MR) is 250 cm³/mol. The van der Waals surface area contributed by atoms with E-state index in [1.165, 1.54) is 124 Å². The van der Waals surface area contributed by atoms with Crippen LogP contribution in [0.25, 0.3) is 0 Å². The molecular formula is C53H86N4O2+2. The molecule has 6 rings (SSSR count). The Labute approximate surface area is 361 Å². The molecule has 2 aromatic rings. The minimum atomic E-state index is -1.04. The molecule has 1 aliphatic carbocycles. The second-order valence-corrected chi connectivity index (χ2v) is 20.7. The first-order valence-electron chi connectivity index (χ1n) is 24.7. The fraction of sp³-hybridized carbons (Fsp3) is 0.736. The molecule has 328 valence electrons. The maximum Gasteiger partial charge on any atom is 0.704 e. The largest absolute Gasteiger partial charge is 0.704 e. The number of ether oxygens (including phenoxy) is 2. The van der Waals surface area contributed by atoms with Gasteiger partial charge in [0.2, 0.25) is 12.1 Å². The van der Waals surface area contributed by atoms with Crippen LogP contribution in [-0.4, -0.2) is 88.8 Å². The van der Waals surface area contributed by atoms with Crippen molar-refractivity contribution >= 4 is 12.4 Å². The van der Waals surface area contributed by atoms with Gasteiger partial charge in [-0.1, -0.05) is 130 Å². The molecule has 3 unspecified atom stereocenters. The molecule has 3 aliphatic heterocycles. The third-order valence-corrected chi connectivity index (χ3v) is 14.6. The Morgan fingerprint density at radius 3 is 1.29 bits per heavy atom. The average molecular weight is 811 g/mol. The molecule has 0 radical (unpaired) electrons. The topological polar surface area (TPSA) is 31.0 Å². The first kappa shape index (κ1) is 45.8. The molecule has 3 heterocycles. The van der Waals surface area contributed by atoms with Crippen LogP contribution in [0.4, 0.5) is 0 Å². The van der Waals surface area contributed by atoms with Crippen molar-refractivity contribution in [3.63, 3.8) is 0 Å². The highest BCUT2D eigenvalue weighted by Crippen LogP contribution is 2.50. The molecule has 2 fully saturated rings. The van der Waals surface area contributed by atoms with E-state index in [1.807, 2.05) is 0 Å². The Kier molecular flexibility index (Phi) is 15.2. The molecule has 0 bridgehead atoms. The van der Waals surface area contributed by atoms with Crippen molar-refractivity contribution in [1.82, 2.24) is 9.80 Å². The molecule has 6 heteroatoms. The number of unbranched alkanes of at least 4 members (excludes halogenated alkanes) is 2. The van der Waals surface area contributed by atoms with Crippen LogP contribution < -0.4 is 9.47 Å². The molecule has 4 aliphatic rings. The van der Waals surface area contributed by atoms with Crippen molar-refractivity contribution in [2.24, 2.45) is 0 Å². The number of fused-ring (bicyclic) bond motifs is 5. The Balaban J connectivity index is 1.47. The highest BCUT2D eigenvalue weighted by atomic mass is 16.7. The Morgan fingerprint density at radius 1 is 0.576 bits per heavy atom. The van der Waals surface area contributed by atoms with E-state index in [0.717, 1.165) is 50.5 Å². The summed E-state index contributed by atoms with van der Waals surface area (Å²) >= 11 is 0. The quantitative estimate of drug-likeness (QED) is 0.125. The van der Waals surface area contributed by atoms with E-state index in [-0.39, 0.29) is 10.8 Å². The number of rotatable bonds is 20. The summed E-state index contributed by atoms with van der Waals surface area (Å²) in [5, 5.41) is 0. The zero-order valence-electron chi connectivity index (χ0n) is 40.0. The molecule has 0 amide bonds. The van der Waals surface area contributed by atoms with Gasteiger partial charge < -0.3 is 19.3 Å². The van der Waals surface area contributed by atoms with Gasteiger partial charge in [-0.25, -0.2) is 0 Å². The van der Waals surface area contributed by atoms with Crippen LogP contribution in [0, 0.1) is 0 Å². The van der Waals surface area contributed by atoms with Crippen molar-refractivity contribution in [3.05, 3.63) is 57.6 Å². The van der Waals surface area contributed by atoms with Gasteiger partial charge in [0.05, 0.1) is 11.1 Å². The van der Waals surface area contributed by atoms with E-state index < -0.39 is 6.03 Å². The van der Waals surface area contributed by atoms with E-state index in [4.69, 9.17) is 9.47 Å². The third kappa shape index (κ3) is 9.85. The maximum absolute atomic E-state index is 7.68. The summed E-state index contributed by atoms with van der Waals surface area (Å²) in [4.78, 5) is 5.17. The first-order chi connectivity index (χ1) is 28.2. The highest BCUT2D eigenvalue weighted by Gasteiger charge is 2.77. The molecular weight excluding hydrogens is 725 g/mol. The fourth-order valence-corrected chi connectivity index (χ4v) is 10.9. The van der Waals surface area contributed by atoms with Gasteiger partial charge in [-0.2, -0.15) is 0 Å². The van der Waals surface area contributed by atoms with Crippen molar-refractivity contribution in [2.75, 3.05) is 39.3 Å². The summed E-state index contributed by atoms with van der Waals surface area (Å²) in [7, 11) is 0. The third-order valence-electron chi connectivity index (χ3n) is 14.6. The van der Waals surface area contributed by atoms with Crippen LogP contribution in [0.3, 0.4) is 0 Å². The van der Waals surface area contributed by atoms with Crippen molar-refractivity contribution in [2.45, 2.75) is 214 Å². The monoisotopic (exact) mass is 811 g/mol. The minimum Gasteiger partial charge on any atom is -0.340 e. The minimum absolute atomic E-state index is 0.0870. The van der Waals surface area contributed by atoms with Gasteiger partial charge in [0.1, 0.15) is 0 Å². The Bertz CT molecular complexity index is 1750. The van der Waals surface area contributed by atoms with E-state index in [9.17, 15) is 0 Å². The van der Waals surface area contributed by atoms with Gasteiger partial charge in [-0.3, -0.25) is 0 Å². The van der Waals surface area contributed by atoms with Crippen LogP contribution in [0.2, 0.25) is 0 Å². The summed E-state index contributed by atoms with van der Waals surface area (Å²) in [6.45, 7) is 34.9. The molecule has 0 N–H and O–H groups in total. The molecule has 1 saturated carbocycles. The molecule has 0 aromatic heterocycles. The molecule has 6 nitrogen and oxygen atoms in total. The lowest BCUT2D eigenvalue weighted by molar-refractivity contribution is -0.866. The summed E-state index contributed by atoms with van der Waals surface area (Å²) in [5.74, 6) is 3.12. The second-order valence-electron chi connectivity index (χ2n) is 20.7. The van der Waals surface area contributed by atoms with E-state index in [1.54, 1.807) is 0 Å². The highest BCUT2D eigenvalue weighted by molar-refractivity contribution is 5.85. The van der Waals surface area contributed by atoms with Gasteiger partial charge >= 0.3 is 6.03 Å². The smallest absolute Gasteiger partial charge is 0.340 e. The molecule has 1 saturated heterocycles. The summed E-state index contributed by atoms with van der Waals surface area (Å²) in [6.07, 6.45) is 22.2. The molecule has 1 spiro atoms. The summed E-state index contributed by atoms with van der Waals surface area (Å²) < 4.78 is 20.4. The average Bonchev–Trinajstić information content (AvgIpc) is 3.48. The van der Waals surface area contributed by atoms with Crippen LogP contribution in [0.1, 0.15) is 218 Å². The standard InChI is InChI=1S/C53H86N4O2/c1-13-19-25-39(26-20-14-2)41-33-43-37-56-47-29-21-22-30-48(47)57-38-44-34-42(40(27-23-31-54(15-3)16-4)28-24-32-55(17-5)18-6)36-46(52(10,11)12)50(44)59-53(56,57)58-49(43)45(35-41)51(7,8)9/h33-40,47-48H,13-32H2,1-12H3/q+2. The maximum atomic E-state index is 7.68. The Hall–Kier alpha value is -2.70. The number of benzene rings is 2. The molecule has 2 aromatic carbocycles. The first-order valence-corrected chi connectivity index (χ1v) is 24.7. The van der Waals surface area contributed by atoms with Gasteiger partial charge in [0.15, 0.2) is 23.9 Å².